The van der Waals surface area contributed by atoms with Gasteiger partial charge in [0.25, 0.3) is 0 Å². The smallest absolute Gasteiger partial charge is 0.226 e. The van der Waals surface area contributed by atoms with E-state index in [9.17, 15) is 4.79 Å². The molecule has 28 heavy (non-hydrogen) atoms. The van der Waals surface area contributed by atoms with Crippen molar-refractivity contribution in [3.8, 4) is 0 Å². The summed E-state index contributed by atoms with van der Waals surface area (Å²) in [6, 6.07) is 7.73. The van der Waals surface area contributed by atoms with Gasteiger partial charge < -0.3 is 10.6 Å². The summed E-state index contributed by atoms with van der Waals surface area (Å²) in [4.78, 5) is 28.2. The number of amides is 1. The Kier molecular flexibility index (Phi) is 7.00. The first-order valence-corrected chi connectivity index (χ1v) is 9.69. The quantitative estimate of drug-likeness (QED) is 0.308. The van der Waals surface area contributed by atoms with Crippen LogP contribution in [-0.4, -0.2) is 60.0 Å². The largest absolute Gasteiger partial charge is 0.369 e. The third-order valence-corrected chi connectivity index (χ3v) is 4.96. The summed E-state index contributed by atoms with van der Waals surface area (Å²) in [6.07, 6.45) is 3.24. The molecule has 1 amide bonds. The third kappa shape index (κ3) is 5.31. The molecule has 0 bridgehead atoms. The number of para-hydroxylation sites is 1. The van der Waals surface area contributed by atoms with E-state index in [-0.39, 0.29) is 12.3 Å². The summed E-state index contributed by atoms with van der Waals surface area (Å²) < 4.78 is 0. The minimum atomic E-state index is -0.389. The van der Waals surface area contributed by atoms with E-state index in [2.05, 4.69) is 24.8 Å². The van der Waals surface area contributed by atoms with Gasteiger partial charge in [-0.2, -0.15) is 0 Å². The number of unbranched alkanes of at least 4 members (excludes halogenated alkanes) is 2. The van der Waals surface area contributed by atoms with E-state index in [1.54, 1.807) is 0 Å². The van der Waals surface area contributed by atoms with Gasteiger partial charge in [-0.1, -0.05) is 29.7 Å². The molecule has 0 unspecified atom stereocenters. The van der Waals surface area contributed by atoms with Gasteiger partial charge in [-0.05, 0) is 31.0 Å². The van der Waals surface area contributed by atoms with Crippen molar-refractivity contribution in [3.63, 3.8) is 0 Å². The van der Waals surface area contributed by atoms with Crippen molar-refractivity contribution in [2.24, 2.45) is 10.8 Å². The number of anilines is 1. The number of carbonyl (C=O) groups is 1. The van der Waals surface area contributed by atoms with Crippen LogP contribution >= 0.6 is 0 Å². The zero-order valence-electron chi connectivity index (χ0n) is 16.0. The van der Waals surface area contributed by atoms with Gasteiger partial charge in [0, 0.05) is 43.0 Å². The molecule has 1 aromatic heterocycles. The monoisotopic (exact) mass is 382 g/mol. The summed E-state index contributed by atoms with van der Waals surface area (Å²) in [5.41, 5.74) is 15.2. The Hall–Kier alpha value is -2.90. The normalized spacial score (nSPS) is 14.8. The van der Waals surface area contributed by atoms with Gasteiger partial charge in [-0.3, -0.25) is 9.69 Å². The van der Waals surface area contributed by atoms with E-state index in [0.717, 1.165) is 62.9 Å². The Bertz CT molecular complexity index is 856. The average molecular weight is 382 g/mol. The second-order valence-electron chi connectivity index (χ2n) is 6.97. The first kappa shape index (κ1) is 19.9. The number of nitrogens with two attached hydrogens (primary N) is 1. The first-order valence-electron chi connectivity index (χ1n) is 9.69. The lowest BCUT2D eigenvalue weighted by molar-refractivity contribution is -0.117. The predicted octanol–water partition coefficient (Wildman–Crippen LogP) is 2.26. The van der Waals surface area contributed by atoms with Gasteiger partial charge in [0.2, 0.25) is 11.9 Å². The maximum Gasteiger partial charge on any atom is 0.226 e. The SMILES string of the molecule is [N-]=[N+]=NCCCCCN1CCN(c2nc(CC(N)=O)c3ccccc3n2)CC1. The van der Waals surface area contributed by atoms with Crippen LogP contribution in [0.15, 0.2) is 29.4 Å². The minimum Gasteiger partial charge on any atom is -0.369 e. The highest BCUT2D eigenvalue weighted by Gasteiger charge is 2.20. The number of primary amides is 1. The van der Waals surface area contributed by atoms with Gasteiger partial charge in [-0.15, -0.1) is 0 Å². The zero-order valence-corrected chi connectivity index (χ0v) is 16.0. The number of piperazine rings is 1. The van der Waals surface area contributed by atoms with E-state index >= 15 is 0 Å². The van der Waals surface area contributed by atoms with Gasteiger partial charge in [0.15, 0.2) is 0 Å². The Morgan fingerprint density at radius 1 is 1.14 bits per heavy atom. The minimum absolute atomic E-state index is 0.117. The van der Waals surface area contributed by atoms with Crippen molar-refractivity contribution in [1.82, 2.24) is 14.9 Å². The lowest BCUT2D eigenvalue weighted by Crippen LogP contribution is -2.47. The second kappa shape index (κ2) is 9.87. The van der Waals surface area contributed by atoms with Crippen LogP contribution in [0.5, 0.6) is 0 Å². The number of hydrogen-bond acceptors (Lipinski definition) is 6. The van der Waals surface area contributed by atoms with Crippen LogP contribution < -0.4 is 10.6 Å². The van der Waals surface area contributed by atoms with Gasteiger partial charge in [0.1, 0.15) is 0 Å². The van der Waals surface area contributed by atoms with Crippen LogP contribution in [0.1, 0.15) is 25.0 Å². The molecule has 1 saturated heterocycles. The number of nitrogens with zero attached hydrogens (tertiary/aromatic N) is 7. The molecule has 0 saturated carbocycles. The van der Waals surface area contributed by atoms with Crippen molar-refractivity contribution in [3.05, 3.63) is 40.4 Å². The third-order valence-electron chi connectivity index (χ3n) is 4.96. The molecule has 9 heteroatoms. The fraction of sp³-hybridized carbons (Fsp3) is 0.526. The van der Waals surface area contributed by atoms with Crippen molar-refractivity contribution in [1.29, 1.82) is 0 Å². The van der Waals surface area contributed by atoms with Crippen LogP contribution in [0.3, 0.4) is 0 Å². The molecular weight excluding hydrogens is 356 g/mol. The van der Waals surface area contributed by atoms with E-state index in [1.165, 1.54) is 0 Å². The highest BCUT2D eigenvalue weighted by molar-refractivity contribution is 5.87. The van der Waals surface area contributed by atoms with Crippen molar-refractivity contribution in [2.45, 2.75) is 25.7 Å². The average Bonchev–Trinajstić information content (AvgIpc) is 2.70. The molecular formula is C19H26N8O. The number of rotatable bonds is 9. The van der Waals surface area contributed by atoms with Gasteiger partial charge in [-0.25, -0.2) is 9.97 Å². The molecule has 0 radical (unpaired) electrons. The lowest BCUT2D eigenvalue weighted by Gasteiger charge is -2.35. The van der Waals surface area contributed by atoms with Crippen molar-refractivity contribution < 1.29 is 4.79 Å². The zero-order chi connectivity index (χ0) is 19.8. The second-order valence-corrected chi connectivity index (χ2v) is 6.97. The van der Waals surface area contributed by atoms with Crippen LogP contribution in [0.25, 0.3) is 21.3 Å². The standard InChI is InChI=1S/C19H26N8O/c20-18(28)14-17-15-6-2-3-7-16(15)23-19(24-17)27-12-10-26(11-13-27)9-5-1-4-8-22-25-21/h2-3,6-7H,1,4-5,8-14H2,(H2,20,28). The summed E-state index contributed by atoms with van der Waals surface area (Å²) in [5, 5.41) is 4.44. The Morgan fingerprint density at radius 2 is 1.93 bits per heavy atom. The molecule has 0 aliphatic carbocycles. The number of hydrogen-bond donors (Lipinski definition) is 1. The number of azide groups is 1. The molecule has 2 heterocycles. The lowest BCUT2D eigenvalue weighted by atomic mass is 10.1. The molecule has 2 N–H and O–H groups in total. The molecule has 148 valence electrons. The molecule has 1 aliphatic heterocycles. The van der Waals surface area contributed by atoms with Crippen LogP contribution in [-0.2, 0) is 11.2 Å². The maximum absolute atomic E-state index is 11.4. The Labute approximate surface area is 164 Å². The number of carbonyl (C=O) groups excluding carboxylic acids is 1. The summed E-state index contributed by atoms with van der Waals surface area (Å²) in [6.45, 7) is 5.25. The molecule has 0 atom stereocenters. The fourth-order valence-electron chi connectivity index (χ4n) is 3.48. The summed E-state index contributed by atoms with van der Waals surface area (Å²) in [7, 11) is 0. The van der Waals surface area contributed by atoms with Crippen molar-refractivity contribution >= 4 is 22.8 Å². The van der Waals surface area contributed by atoms with Crippen LogP contribution in [0.2, 0.25) is 0 Å². The van der Waals surface area contributed by atoms with E-state index in [4.69, 9.17) is 16.2 Å². The topological polar surface area (TPSA) is 124 Å². The maximum atomic E-state index is 11.4. The number of benzene rings is 1. The molecule has 3 rings (SSSR count). The van der Waals surface area contributed by atoms with Gasteiger partial charge >= 0.3 is 0 Å². The van der Waals surface area contributed by atoms with E-state index in [1.807, 2.05) is 24.3 Å². The van der Waals surface area contributed by atoms with Gasteiger partial charge in [0.05, 0.1) is 17.6 Å². The molecule has 1 fully saturated rings. The first-order chi connectivity index (χ1) is 13.7. The highest BCUT2D eigenvalue weighted by Crippen LogP contribution is 2.21. The van der Waals surface area contributed by atoms with E-state index in [0.29, 0.717) is 18.2 Å². The molecule has 0 spiro atoms. The Balaban J connectivity index is 1.58. The summed E-state index contributed by atoms with van der Waals surface area (Å²) >= 11 is 0. The molecule has 9 nitrogen and oxygen atoms in total. The molecule has 1 aliphatic rings. The van der Waals surface area contributed by atoms with Crippen molar-refractivity contribution in [2.75, 3.05) is 44.2 Å². The fourth-order valence-corrected chi connectivity index (χ4v) is 3.48. The molecule has 2 aromatic rings. The highest BCUT2D eigenvalue weighted by atomic mass is 16.1. The predicted molar refractivity (Wildman–Crippen MR) is 109 cm³/mol. The number of fused-ring (bicyclic) bond motifs is 1. The Morgan fingerprint density at radius 3 is 2.68 bits per heavy atom. The number of aromatic nitrogens is 2. The van der Waals surface area contributed by atoms with Crippen LogP contribution in [0.4, 0.5) is 5.95 Å². The summed E-state index contributed by atoms with van der Waals surface area (Å²) in [5.74, 6) is 0.282. The van der Waals surface area contributed by atoms with E-state index < -0.39 is 0 Å². The van der Waals surface area contributed by atoms with Crippen LogP contribution in [0, 0.1) is 0 Å². The molecule has 1 aromatic carbocycles.